The van der Waals surface area contributed by atoms with E-state index in [-0.39, 0.29) is 17.8 Å². The van der Waals surface area contributed by atoms with Gasteiger partial charge in [0.1, 0.15) is 12.4 Å². The van der Waals surface area contributed by atoms with Gasteiger partial charge in [-0.3, -0.25) is 9.69 Å². The Morgan fingerprint density at radius 1 is 1.13 bits per heavy atom. The minimum atomic E-state index is -0.425. The number of likely N-dealkylation sites (tertiary alicyclic amines) is 1. The van der Waals surface area contributed by atoms with E-state index in [0.717, 1.165) is 24.1 Å². The van der Waals surface area contributed by atoms with Gasteiger partial charge in [0.2, 0.25) is 5.91 Å². The van der Waals surface area contributed by atoms with E-state index in [9.17, 15) is 9.18 Å². The van der Waals surface area contributed by atoms with E-state index >= 15 is 0 Å². The summed E-state index contributed by atoms with van der Waals surface area (Å²) >= 11 is 0. The molecule has 3 aliphatic heterocycles. The summed E-state index contributed by atoms with van der Waals surface area (Å²) < 4.78 is 30.6. The van der Waals surface area contributed by atoms with E-state index in [4.69, 9.17) is 14.2 Å². The number of carbonyl (C=O) groups is 1. The molecule has 6 nitrogen and oxygen atoms in total. The summed E-state index contributed by atoms with van der Waals surface area (Å²) in [6.07, 6.45) is 1.37. The maximum absolute atomic E-state index is 13.1. The Bertz CT molecular complexity index is 951. The SMILES string of the molecule is COc1ccc(CN2CC[C@@]34OCCN3C(=O)C[C@@H]24)cc1OCc1ccc(F)cc1. The largest absolute Gasteiger partial charge is 0.493 e. The second-order valence-corrected chi connectivity index (χ2v) is 8.08. The van der Waals surface area contributed by atoms with Gasteiger partial charge < -0.3 is 19.1 Å². The summed E-state index contributed by atoms with van der Waals surface area (Å²) in [5, 5.41) is 0. The number of rotatable bonds is 6. The number of carbonyl (C=O) groups excluding carboxylic acids is 1. The predicted molar refractivity (Wildman–Crippen MR) is 108 cm³/mol. The average Bonchev–Trinajstić information content (AvgIpc) is 3.40. The fraction of sp³-hybridized carbons (Fsp3) is 0.435. The Labute approximate surface area is 175 Å². The number of benzene rings is 2. The molecule has 2 atom stereocenters. The molecule has 1 amide bonds. The number of nitrogens with zero attached hydrogens (tertiary/aromatic N) is 2. The molecule has 30 heavy (non-hydrogen) atoms. The van der Waals surface area contributed by atoms with Crippen LogP contribution in [0.1, 0.15) is 24.0 Å². The minimum absolute atomic E-state index is 0.0955. The first-order valence-electron chi connectivity index (χ1n) is 10.3. The fourth-order valence-electron chi connectivity index (χ4n) is 4.97. The van der Waals surface area contributed by atoms with E-state index in [1.807, 2.05) is 23.1 Å². The quantitative estimate of drug-likeness (QED) is 0.730. The Balaban J connectivity index is 1.31. The Kier molecular flexibility index (Phi) is 4.87. The van der Waals surface area contributed by atoms with E-state index < -0.39 is 5.72 Å². The van der Waals surface area contributed by atoms with E-state index in [1.165, 1.54) is 12.1 Å². The summed E-state index contributed by atoms with van der Waals surface area (Å²) in [6, 6.07) is 12.3. The van der Waals surface area contributed by atoms with Crippen molar-refractivity contribution in [3.63, 3.8) is 0 Å². The molecule has 2 aromatic carbocycles. The third-order valence-corrected chi connectivity index (χ3v) is 6.43. The van der Waals surface area contributed by atoms with Crippen molar-refractivity contribution in [3.8, 4) is 11.5 Å². The van der Waals surface area contributed by atoms with Crippen molar-refractivity contribution in [3.05, 3.63) is 59.4 Å². The van der Waals surface area contributed by atoms with Crippen LogP contribution in [0.25, 0.3) is 0 Å². The van der Waals surface area contributed by atoms with Gasteiger partial charge in [0.15, 0.2) is 17.2 Å². The van der Waals surface area contributed by atoms with Crippen LogP contribution in [0.5, 0.6) is 11.5 Å². The molecule has 0 unspecified atom stereocenters. The molecule has 3 saturated heterocycles. The zero-order valence-corrected chi connectivity index (χ0v) is 17.0. The molecule has 3 aliphatic rings. The third-order valence-electron chi connectivity index (χ3n) is 6.43. The van der Waals surface area contributed by atoms with Gasteiger partial charge in [-0.1, -0.05) is 18.2 Å². The topological polar surface area (TPSA) is 51.2 Å². The molecule has 3 heterocycles. The van der Waals surface area contributed by atoms with Crippen LogP contribution in [-0.4, -0.2) is 54.3 Å². The number of hydrogen-bond donors (Lipinski definition) is 0. The van der Waals surface area contributed by atoms with Crippen LogP contribution in [-0.2, 0) is 22.7 Å². The van der Waals surface area contributed by atoms with Gasteiger partial charge in [0.25, 0.3) is 0 Å². The summed E-state index contributed by atoms with van der Waals surface area (Å²) in [4.78, 5) is 16.7. The third kappa shape index (κ3) is 3.22. The molecule has 5 rings (SSSR count). The number of halogens is 1. The number of hydrogen-bond acceptors (Lipinski definition) is 5. The maximum atomic E-state index is 13.1. The molecule has 1 spiro atoms. The van der Waals surface area contributed by atoms with Crippen LogP contribution < -0.4 is 9.47 Å². The van der Waals surface area contributed by atoms with Gasteiger partial charge in [0.05, 0.1) is 19.8 Å². The Hall–Kier alpha value is -2.64. The molecule has 0 aromatic heterocycles. The zero-order chi connectivity index (χ0) is 20.7. The monoisotopic (exact) mass is 412 g/mol. The van der Waals surface area contributed by atoms with Crippen LogP contribution in [0.2, 0.25) is 0 Å². The van der Waals surface area contributed by atoms with Crippen LogP contribution in [0, 0.1) is 5.82 Å². The standard InChI is InChI=1S/C23H25FN2O4/c1-28-19-7-4-17(12-20(19)29-15-16-2-5-18(24)6-3-16)14-25-9-8-23-21(25)13-22(27)26(23)10-11-30-23/h2-7,12,21H,8-11,13-15H2,1H3/t21-,23+/m1/s1. The van der Waals surface area contributed by atoms with Crippen molar-refractivity contribution >= 4 is 5.91 Å². The first-order chi connectivity index (χ1) is 14.6. The summed E-state index contributed by atoms with van der Waals surface area (Å²) in [7, 11) is 1.61. The molecular formula is C23H25FN2O4. The molecule has 3 fully saturated rings. The predicted octanol–water partition coefficient (Wildman–Crippen LogP) is 2.95. The first kappa shape index (κ1) is 19.3. The van der Waals surface area contributed by atoms with Gasteiger partial charge in [-0.15, -0.1) is 0 Å². The van der Waals surface area contributed by atoms with Crippen molar-refractivity contribution in [2.75, 3.05) is 26.8 Å². The second-order valence-electron chi connectivity index (χ2n) is 8.08. The van der Waals surface area contributed by atoms with Gasteiger partial charge >= 0.3 is 0 Å². The minimum Gasteiger partial charge on any atom is -0.493 e. The lowest BCUT2D eigenvalue weighted by Gasteiger charge is -2.31. The molecule has 0 aliphatic carbocycles. The van der Waals surface area contributed by atoms with Crippen LogP contribution in [0.3, 0.4) is 0 Å². The Morgan fingerprint density at radius 3 is 2.73 bits per heavy atom. The Morgan fingerprint density at radius 2 is 1.93 bits per heavy atom. The number of ether oxygens (including phenoxy) is 3. The van der Waals surface area contributed by atoms with Crippen molar-refractivity contribution in [2.24, 2.45) is 0 Å². The van der Waals surface area contributed by atoms with Gasteiger partial charge in [-0.05, 0) is 35.4 Å². The molecule has 0 N–H and O–H groups in total. The number of methoxy groups -OCH3 is 1. The summed E-state index contributed by atoms with van der Waals surface area (Å²) in [6.45, 7) is 3.26. The molecular weight excluding hydrogens is 387 g/mol. The highest BCUT2D eigenvalue weighted by atomic mass is 19.1. The maximum Gasteiger partial charge on any atom is 0.226 e. The summed E-state index contributed by atoms with van der Waals surface area (Å²) in [5.74, 6) is 1.23. The lowest BCUT2D eigenvalue weighted by Crippen LogP contribution is -2.47. The van der Waals surface area contributed by atoms with Crippen LogP contribution >= 0.6 is 0 Å². The molecule has 0 saturated carbocycles. The van der Waals surface area contributed by atoms with E-state index in [0.29, 0.717) is 44.2 Å². The smallest absolute Gasteiger partial charge is 0.226 e. The van der Waals surface area contributed by atoms with Crippen molar-refractivity contribution < 1.29 is 23.4 Å². The second kappa shape index (κ2) is 7.56. The van der Waals surface area contributed by atoms with Crippen LogP contribution in [0.4, 0.5) is 4.39 Å². The van der Waals surface area contributed by atoms with Crippen molar-refractivity contribution in [1.82, 2.24) is 9.80 Å². The van der Waals surface area contributed by atoms with E-state index in [1.54, 1.807) is 19.2 Å². The van der Waals surface area contributed by atoms with Gasteiger partial charge in [-0.25, -0.2) is 4.39 Å². The van der Waals surface area contributed by atoms with Crippen molar-refractivity contribution in [1.29, 1.82) is 0 Å². The highest BCUT2D eigenvalue weighted by Crippen LogP contribution is 2.46. The first-order valence-corrected chi connectivity index (χ1v) is 10.3. The van der Waals surface area contributed by atoms with E-state index in [2.05, 4.69) is 4.90 Å². The molecule has 7 heteroatoms. The lowest BCUT2D eigenvalue weighted by atomic mass is 10.1. The number of amides is 1. The molecule has 0 bridgehead atoms. The molecule has 2 aromatic rings. The van der Waals surface area contributed by atoms with Gasteiger partial charge in [0, 0.05) is 32.5 Å². The fourth-order valence-corrected chi connectivity index (χ4v) is 4.97. The molecule has 0 radical (unpaired) electrons. The zero-order valence-electron chi connectivity index (χ0n) is 17.0. The summed E-state index contributed by atoms with van der Waals surface area (Å²) in [5.41, 5.74) is 1.55. The van der Waals surface area contributed by atoms with Crippen LogP contribution in [0.15, 0.2) is 42.5 Å². The highest BCUT2D eigenvalue weighted by Gasteiger charge is 2.61. The molecule has 158 valence electrons. The normalized spacial score (nSPS) is 25.5. The lowest BCUT2D eigenvalue weighted by molar-refractivity contribution is -0.136. The highest BCUT2D eigenvalue weighted by molar-refractivity contribution is 5.81. The average molecular weight is 412 g/mol. The van der Waals surface area contributed by atoms with Crippen molar-refractivity contribution in [2.45, 2.75) is 37.8 Å². The van der Waals surface area contributed by atoms with Gasteiger partial charge in [-0.2, -0.15) is 0 Å².